The van der Waals surface area contributed by atoms with Gasteiger partial charge in [-0.3, -0.25) is 13.9 Å². The Balaban J connectivity index is 1.54. The summed E-state index contributed by atoms with van der Waals surface area (Å²) in [6.07, 6.45) is 3.13. The number of benzene rings is 2. The number of carbonyl (C=O) groups excluding carboxylic acids is 2. The lowest BCUT2D eigenvalue weighted by atomic mass is 10.1. The second-order valence-corrected chi connectivity index (χ2v) is 10.2. The molecule has 1 N–H and O–H groups in total. The van der Waals surface area contributed by atoms with Crippen LogP contribution in [0.4, 0.5) is 11.4 Å². The molecule has 1 aliphatic rings. The maximum absolute atomic E-state index is 12.3. The average Bonchev–Trinajstić information content (AvgIpc) is 3.17. The van der Waals surface area contributed by atoms with E-state index in [4.69, 9.17) is 11.6 Å². The summed E-state index contributed by atoms with van der Waals surface area (Å²) in [6.45, 7) is 3.02. The van der Waals surface area contributed by atoms with Gasteiger partial charge in [0.15, 0.2) is 0 Å². The molecule has 1 fully saturated rings. The van der Waals surface area contributed by atoms with Crippen molar-refractivity contribution in [3.63, 3.8) is 0 Å². The zero-order valence-corrected chi connectivity index (χ0v) is 19.9. The van der Waals surface area contributed by atoms with Gasteiger partial charge in [0.05, 0.1) is 11.9 Å². The molecule has 2 aromatic rings. The molecule has 1 heterocycles. The maximum Gasteiger partial charge on any atom is 0.232 e. The zero-order chi connectivity index (χ0) is 23.3. The number of sulfonamides is 1. The van der Waals surface area contributed by atoms with Crippen molar-refractivity contribution >= 4 is 44.8 Å². The molecule has 0 aromatic heterocycles. The van der Waals surface area contributed by atoms with Gasteiger partial charge in [-0.25, -0.2) is 8.42 Å². The van der Waals surface area contributed by atoms with Crippen LogP contribution in [0.2, 0.25) is 5.02 Å². The van der Waals surface area contributed by atoms with Crippen molar-refractivity contribution in [1.29, 1.82) is 0 Å². The standard InChI is InChI=1S/C23H28ClN3O4S/c1-17-20(24)9-4-10-21(17)27(32(2,30)31)14-5-11-22(28)25-16-18-7-3-8-19(15-18)26-13-6-12-23(26)29/h3-4,7-10,15H,5-6,11-14,16H2,1-2H3,(H,25,28). The predicted molar refractivity (Wildman–Crippen MR) is 127 cm³/mol. The minimum Gasteiger partial charge on any atom is -0.352 e. The maximum atomic E-state index is 12.3. The normalized spacial score (nSPS) is 14.0. The van der Waals surface area contributed by atoms with Gasteiger partial charge in [-0.15, -0.1) is 0 Å². The first-order valence-electron chi connectivity index (χ1n) is 10.6. The molecule has 2 aromatic carbocycles. The molecule has 0 radical (unpaired) electrons. The molecule has 0 spiro atoms. The van der Waals surface area contributed by atoms with Crippen LogP contribution < -0.4 is 14.5 Å². The Morgan fingerprint density at radius 2 is 1.97 bits per heavy atom. The van der Waals surface area contributed by atoms with Crippen LogP contribution in [0.25, 0.3) is 0 Å². The zero-order valence-electron chi connectivity index (χ0n) is 18.3. The molecule has 0 atom stereocenters. The van der Waals surface area contributed by atoms with Crippen LogP contribution in [0.5, 0.6) is 0 Å². The minimum absolute atomic E-state index is 0.122. The topological polar surface area (TPSA) is 86.8 Å². The van der Waals surface area contributed by atoms with E-state index in [0.29, 0.717) is 35.7 Å². The summed E-state index contributed by atoms with van der Waals surface area (Å²) in [5.74, 6) is -0.0412. The minimum atomic E-state index is -3.52. The van der Waals surface area contributed by atoms with E-state index in [1.54, 1.807) is 30.0 Å². The fourth-order valence-electron chi connectivity index (χ4n) is 3.76. The van der Waals surface area contributed by atoms with Crippen molar-refractivity contribution in [2.24, 2.45) is 0 Å². The van der Waals surface area contributed by atoms with Crippen LogP contribution in [0, 0.1) is 6.92 Å². The molecule has 32 heavy (non-hydrogen) atoms. The molecule has 172 valence electrons. The highest BCUT2D eigenvalue weighted by atomic mass is 35.5. The molecular weight excluding hydrogens is 450 g/mol. The van der Waals surface area contributed by atoms with E-state index >= 15 is 0 Å². The lowest BCUT2D eigenvalue weighted by Crippen LogP contribution is -2.32. The summed E-state index contributed by atoms with van der Waals surface area (Å²) in [4.78, 5) is 26.0. The van der Waals surface area contributed by atoms with Gasteiger partial charge in [-0.05, 0) is 55.2 Å². The summed E-state index contributed by atoms with van der Waals surface area (Å²) < 4.78 is 25.9. The summed E-state index contributed by atoms with van der Waals surface area (Å²) in [5, 5.41) is 3.36. The number of anilines is 2. The molecule has 1 aliphatic heterocycles. The van der Waals surface area contributed by atoms with E-state index < -0.39 is 10.0 Å². The molecule has 0 aliphatic carbocycles. The highest BCUT2D eigenvalue weighted by Gasteiger charge is 2.22. The van der Waals surface area contributed by atoms with Crippen LogP contribution >= 0.6 is 11.6 Å². The van der Waals surface area contributed by atoms with Crippen molar-refractivity contribution in [3.8, 4) is 0 Å². The second kappa shape index (κ2) is 10.4. The van der Waals surface area contributed by atoms with Gasteiger partial charge in [-0.1, -0.05) is 29.8 Å². The largest absolute Gasteiger partial charge is 0.352 e. The summed E-state index contributed by atoms with van der Waals surface area (Å²) in [7, 11) is -3.52. The lowest BCUT2D eigenvalue weighted by Gasteiger charge is -2.24. The van der Waals surface area contributed by atoms with E-state index in [1.807, 2.05) is 24.3 Å². The number of carbonyl (C=O) groups is 2. The van der Waals surface area contributed by atoms with Gasteiger partial charge in [0.2, 0.25) is 21.8 Å². The first kappa shape index (κ1) is 24.1. The molecule has 0 bridgehead atoms. The Kier molecular flexibility index (Phi) is 7.79. The Labute approximate surface area is 194 Å². The highest BCUT2D eigenvalue weighted by Crippen LogP contribution is 2.28. The second-order valence-electron chi connectivity index (χ2n) is 7.92. The Morgan fingerprint density at radius 1 is 1.22 bits per heavy atom. The quantitative estimate of drug-likeness (QED) is 0.597. The van der Waals surface area contributed by atoms with Crippen LogP contribution in [-0.4, -0.2) is 39.6 Å². The summed E-state index contributed by atoms with van der Waals surface area (Å²) >= 11 is 6.15. The average molecular weight is 478 g/mol. The molecule has 1 saturated heterocycles. The SMILES string of the molecule is Cc1c(Cl)cccc1N(CCCC(=O)NCc1cccc(N2CCCC2=O)c1)S(C)(=O)=O. The van der Waals surface area contributed by atoms with Crippen molar-refractivity contribution in [3.05, 3.63) is 58.6 Å². The fraction of sp³-hybridized carbons (Fsp3) is 0.391. The number of amides is 2. The van der Waals surface area contributed by atoms with Crippen molar-refractivity contribution in [2.75, 3.05) is 28.6 Å². The third-order valence-corrected chi connectivity index (χ3v) is 7.05. The monoisotopic (exact) mass is 477 g/mol. The molecule has 3 rings (SSSR count). The Morgan fingerprint density at radius 3 is 2.66 bits per heavy atom. The van der Waals surface area contributed by atoms with Gasteiger partial charge in [0.25, 0.3) is 0 Å². The highest BCUT2D eigenvalue weighted by molar-refractivity contribution is 7.92. The third-order valence-electron chi connectivity index (χ3n) is 5.46. The fourth-order valence-corrected chi connectivity index (χ4v) is 4.94. The molecule has 9 heteroatoms. The van der Waals surface area contributed by atoms with Gasteiger partial charge in [0, 0.05) is 43.2 Å². The Bertz CT molecular complexity index is 1100. The van der Waals surface area contributed by atoms with Crippen molar-refractivity contribution < 1.29 is 18.0 Å². The smallest absolute Gasteiger partial charge is 0.232 e. The van der Waals surface area contributed by atoms with Gasteiger partial charge < -0.3 is 10.2 Å². The van der Waals surface area contributed by atoms with E-state index in [-0.39, 0.29) is 24.8 Å². The van der Waals surface area contributed by atoms with E-state index in [0.717, 1.165) is 30.5 Å². The van der Waals surface area contributed by atoms with Gasteiger partial charge in [-0.2, -0.15) is 0 Å². The van der Waals surface area contributed by atoms with Crippen molar-refractivity contribution in [2.45, 2.75) is 39.2 Å². The van der Waals surface area contributed by atoms with Gasteiger partial charge in [0.1, 0.15) is 0 Å². The van der Waals surface area contributed by atoms with Crippen LogP contribution in [0.1, 0.15) is 36.8 Å². The number of nitrogens with zero attached hydrogens (tertiary/aromatic N) is 2. The molecule has 0 unspecified atom stereocenters. The number of halogens is 1. The summed E-state index contributed by atoms with van der Waals surface area (Å²) in [5.41, 5.74) is 2.96. The third kappa shape index (κ3) is 6.01. The number of hydrogen-bond acceptors (Lipinski definition) is 4. The van der Waals surface area contributed by atoms with Gasteiger partial charge >= 0.3 is 0 Å². The first-order chi connectivity index (χ1) is 15.2. The van der Waals surface area contributed by atoms with Crippen LogP contribution in [0.15, 0.2) is 42.5 Å². The van der Waals surface area contributed by atoms with Crippen molar-refractivity contribution in [1.82, 2.24) is 5.32 Å². The summed E-state index contributed by atoms with van der Waals surface area (Å²) in [6, 6.07) is 12.7. The van der Waals surface area contributed by atoms with E-state index in [1.165, 1.54) is 4.31 Å². The molecule has 0 saturated carbocycles. The van der Waals surface area contributed by atoms with E-state index in [2.05, 4.69) is 5.32 Å². The number of nitrogens with one attached hydrogen (secondary N) is 1. The number of hydrogen-bond donors (Lipinski definition) is 1. The molecular formula is C23H28ClN3O4S. The first-order valence-corrected chi connectivity index (χ1v) is 12.8. The molecule has 7 nitrogen and oxygen atoms in total. The van der Waals surface area contributed by atoms with Crippen LogP contribution in [0.3, 0.4) is 0 Å². The van der Waals surface area contributed by atoms with Crippen LogP contribution in [-0.2, 0) is 26.2 Å². The molecule has 2 amide bonds. The van der Waals surface area contributed by atoms with E-state index in [9.17, 15) is 18.0 Å². The predicted octanol–water partition coefficient (Wildman–Crippen LogP) is 3.64. The lowest BCUT2D eigenvalue weighted by molar-refractivity contribution is -0.121. The Hall–Kier alpha value is -2.58. The number of rotatable bonds is 9.